The predicted molar refractivity (Wildman–Crippen MR) is 98.9 cm³/mol. The molecular formula is C19H29N3O3. The number of anilines is 1. The van der Waals surface area contributed by atoms with Gasteiger partial charge in [-0.15, -0.1) is 0 Å². The molecule has 0 unspecified atom stereocenters. The Kier molecular flexibility index (Phi) is 5.93. The van der Waals surface area contributed by atoms with E-state index in [2.05, 4.69) is 4.90 Å². The van der Waals surface area contributed by atoms with Gasteiger partial charge in [-0.3, -0.25) is 9.59 Å². The summed E-state index contributed by atoms with van der Waals surface area (Å²) in [6, 6.07) is 7.85. The van der Waals surface area contributed by atoms with Crippen LogP contribution in [0.2, 0.25) is 0 Å². The topological polar surface area (TPSA) is 53.1 Å². The number of hydrogen-bond donors (Lipinski definition) is 0. The van der Waals surface area contributed by atoms with Crippen LogP contribution in [0.4, 0.5) is 5.69 Å². The lowest BCUT2D eigenvalue weighted by Crippen LogP contribution is -2.56. The number of carbonyl (C=O) groups excluding carboxylic acids is 2. The van der Waals surface area contributed by atoms with Crippen LogP contribution in [0.15, 0.2) is 24.3 Å². The molecule has 0 spiro atoms. The molecule has 0 radical (unpaired) electrons. The average molecular weight is 347 g/mol. The van der Waals surface area contributed by atoms with Crippen LogP contribution in [0.25, 0.3) is 0 Å². The molecule has 138 valence electrons. The zero-order valence-electron chi connectivity index (χ0n) is 15.9. The normalized spacial score (nSPS) is 15.1. The van der Waals surface area contributed by atoms with Crippen molar-refractivity contribution in [2.24, 2.45) is 0 Å². The first-order valence-electron chi connectivity index (χ1n) is 8.78. The maximum absolute atomic E-state index is 12.6. The first-order valence-corrected chi connectivity index (χ1v) is 8.78. The summed E-state index contributed by atoms with van der Waals surface area (Å²) in [6.45, 7) is 10.7. The molecule has 2 rings (SSSR count). The van der Waals surface area contributed by atoms with Gasteiger partial charge in [0.15, 0.2) is 0 Å². The van der Waals surface area contributed by atoms with E-state index in [-0.39, 0.29) is 5.54 Å². The highest BCUT2D eigenvalue weighted by atomic mass is 16.5. The van der Waals surface area contributed by atoms with Crippen molar-refractivity contribution in [3.63, 3.8) is 0 Å². The van der Waals surface area contributed by atoms with E-state index in [4.69, 9.17) is 4.74 Å². The maximum Gasteiger partial charge on any atom is 0.312 e. The van der Waals surface area contributed by atoms with E-state index in [1.807, 2.05) is 52.0 Å². The Bertz CT molecular complexity index is 617. The summed E-state index contributed by atoms with van der Waals surface area (Å²) in [7, 11) is 1.66. The number of para-hydroxylation sites is 2. The maximum atomic E-state index is 12.6. The first kappa shape index (κ1) is 19.1. The third-order valence-electron chi connectivity index (χ3n) is 4.55. The zero-order chi connectivity index (χ0) is 18.6. The molecule has 6 nitrogen and oxygen atoms in total. The Morgan fingerprint density at radius 2 is 1.72 bits per heavy atom. The quantitative estimate of drug-likeness (QED) is 0.785. The number of carbonyl (C=O) groups is 2. The monoisotopic (exact) mass is 347 g/mol. The molecule has 6 heteroatoms. The summed E-state index contributed by atoms with van der Waals surface area (Å²) in [5, 5.41) is 0. The Labute approximate surface area is 150 Å². The van der Waals surface area contributed by atoms with Gasteiger partial charge in [0.25, 0.3) is 0 Å². The Morgan fingerprint density at radius 3 is 2.24 bits per heavy atom. The fourth-order valence-corrected chi connectivity index (χ4v) is 3.21. The summed E-state index contributed by atoms with van der Waals surface area (Å²) >= 11 is 0. The molecule has 1 aromatic rings. The summed E-state index contributed by atoms with van der Waals surface area (Å²) in [5.41, 5.74) is 0.661. The summed E-state index contributed by atoms with van der Waals surface area (Å²) in [5.74, 6) is 0.000405. The second-order valence-corrected chi connectivity index (χ2v) is 7.17. The third-order valence-corrected chi connectivity index (χ3v) is 4.55. The Hall–Kier alpha value is -2.24. The lowest BCUT2D eigenvalue weighted by atomic mass is 10.1. The second-order valence-electron chi connectivity index (χ2n) is 7.17. The Balaban J connectivity index is 2.02. The number of hydrogen-bond acceptors (Lipinski definition) is 4. The van der Waals surface area contributed by atoms with E-state index >= 15 is 0 Å². The molecule has 0 atom stereocenters. The van der Waals surface area contributed by atoms with E-state index in [1.165, 1.54) is 0 Å². The van der Waals surface area contributed by atoms with E-state index in [9.17, 15) is 9.59 Å². The second kappa shape index (κ2) is 7.76. The molecule has 0 aromatic heterocycles. The van der Waals surface area contributed by atoms with Crippen LogP contribution in [0.5, 0.6) is 5.75 Å². The molecule has 1 fully saturated rings. The number of methoxy groups -OCH3 is 1. The third kappa shape index (κ3) is 4.24. The van der Waals surface area contributed by atoms with Crippen molar-refractivity contribution in [1.82, 2.24) is 9.80 Å². The van der Waals surface area contributed by atoms with Crippen LogP contribution < -0.4 is 9.64 Å². The number of amides is 2. The highest BCUT2D eigenvalue weighted by molar-refractivity contribution is 6.35. The summed E-state index contributed by atoms with van der Waals surface area (Å²) < 4.78 is 5.41. The van der Waals surface area contributed by atoms with Gasteiger partial charge in [0.2, 0.25) is 0 Å². The van der Waals surface area contributed by atoms with Gasteiger partial charge in [-0.05, 0) is 39.8 Å². The molecular weight excluding hydrogens is 318 g/mol. The molecule has 1 heterocycles. The van der Waals surface area contributed by atoms with E-state index in [0.717, 1.165) is 11.4 Å². The van der Waals surface area contributed by atoms with Crippen molar-refractivity contribution in [2.75, 3.05) is 44.7 Å². The SMILES string of the molecule is CCN(C(=O)C(=O)N1CCN(c2ccccc2OC)CC1)C(C)(C)C. The predicted octanol–water partition coefficient (Wildman–Crippen LogP) is 1.99. The number of rotatable bonds is 3. The fraction of sp³-hybridized carbons (Fsp3) is 0.579. The molecule has 0 bridgehead atoms. The minimum Gasteiger partial charge on any atom is -0.495 e. The Morgan fingerprint density at radius 1 is 1.12 bits per heavy atom. The fourth-order valence-electron chi connectivity index (χ4n) is 3.21. The molecule has 0 N–H and O–H groups in total. The van der Waals surface area contributed by atoms with E-state index < -0.39 is 11.8 Å². The molecule has 1 saturated heterocycles. The summed E-state index contributed by atoms with van der Waals surface area (Å²) in [4.78, 5) is 30.6. The van der Waals surface area contributed by atoms with Gasteiger partial charge in [0, 0.05) is 38.3 Å². The molecule has 0 saturated carbocycles. The van der Waals surface area contributed by atoms with Crippen molar-refractivity contribution in [3.05, 3.63) is 24.3 Å². The van der Waals surface area contributed by atoms with E-state index in [1.54, 1.807) is 16.9 Å². The van der Waals surface area contributed by atoms with Gasteiger partial charge in [-0.1, -0.05) is 12.1 Å². The van der Waals surface area contributed by atoms with Crippen LogP contribution in [0, 0.1) is 0 Å². The molecule has 25 heavy (non-hydrogen) atoms. The molecule has 1 aliphatic heterocycles. The molecule has 1 aliphatic rings. The number of piperazine rings is 1. The average Bonchev–Trinajstić information content (AvgIpc) is 2.60. The van der Waals surface area contributed by atoms with Crippen LogP contribution in [0.1, 0.15) is 27.7 Å². The van der Waals surface area contributed by atoms with Gasteiger partial charge in [-0.25, -0.2) is 0 Å². The lowest BCUT2D eigenvalue weighted by Gasteiger charge is -2.39. The van der Waals surface area contributed by atoms with Crippen LogP contribution in [-0.2, 0) is 9.59 Å². The first-order chi connectivity index (χ1) is 11.8. The summed E-state index contributed by atoms with van der Waals surface area (Å²) in [6.07, 6.45) is 0. The molecule has 0 aliphatic carbocycles. The number of likely N-dealkylation sites (N-methyl/N-ethyl adjacent to an activating group) is 1. The largest absolute Gasteiger partial charge is 0.495 e. The van der Waals surface area contributed by atoms with Crippen molar-refractivity contribution in [1.29, 1.82) is 0 Å². The zero-order valence-corrected chi connectivity index (χ0v) is 15.9. The van der Waals surface area contributed by atoms with E-state index in [0.29, 0.717) is 32.7 Å². The van der Waals surface area contributed by atoms with Gasteiger partial charge in [-0.2, -0.15) is 0 Å². The van der Waals surface area contributed by atoms with Crippen molar-refractivity contribution in [3.8, 4) is 5.75 Å². The van der Waals surface area contributed by atoms with Crippen LogP contribution in [0.3, 0.4) is 0 Å². The lowest BCUT2D eigenvalue weighted by molar-refractivity contribution is -0.154. The van der Waals surface area contributed by atoms with Crippen molar-refractivity contribution >= 4 is 17.5 Å². The van der Waals surface area contributed by atoms with Crippen LogP contribution in [-0.4, -0.2) is 67.0 Å². The van der Waals surface area contributed by atoms with Crippen molar-refractivity contribution in [2.45, 2.75) is 33.2 Å². The van der Waals surface area contributed by atoms with Gasteiger partial charge in [0.05, 0.1) is 12.8 Å². The smallest absolute Gasteiger partial charge is 0.312 e. The number of benzene rings is 1. The standard InChI is InChI=1S/C19H29N3O3/c1-6-22(19(2,3)4)18(24)17(23)21-13-11-20(12-14-21)15-9-7-8-10-16(15)25-5/h7-10H,6,11-14H2,1-5H3. The van der Waals surface area contributed by atoms with Gasteiger partial charge in [0.1, 0.15) is 5.75 Å². The van der Waals surface area contributed by atoms with Gasteiger partial charge < -0.3 is 19.4 Å². The van der Waals surface area contributed by atoms with Crippen molar-refractivity contribution < 1.29 is 14.3 Å². The molecule has 1 aromatic carbocycles. The minimum absolute atomic E-state index is 0.360. The van der Waals surface area contributed by atoms with Crippen LogP contribution >= 0.6 is 0 Å². The highest BCUT2D eigenvalue weighted by Gasteiger charge is 2.34. The molecule has 2 amide bonds. The van der Waals surface area contributed by atoms with Gasteiger partial charge >= 0.3 is 11.8 Å². The minimum atomic E-state index is -0.416. The number of nitrogens with zero attached hydrogens (tertiary/aromatic N) is 3. The number of ether oxygens (including phenoxy) is 1. The highest BCUT2D eigenvalue weighted by Crippen LogP contribution is 2.28.